The molecule has 0 aliphatic carbocycles. The minimum Gasteiger partial charge on any atom is -0.380 e. The van der Waals surface area contributed by atoms with Gasteiger partial charge in [-0.3, -0.25) is 4.98 Å². The van der Waals surface area contributed by atoms with Crippen LogP contribution in [0.4, 0.5) is 0 Å². The number of nitrogens with zero attached hydrogens (tertiary/aromatic N) is 4. The molecule has 29 heavy (non-hydrogen) atoms. The van der Waals surface area contributed by atoms with Gasteiger partial charge in [-0.15, -0.1) is 5.10 Å². The summed E-state index contributed by atoms with van der Waals surface area (Å²) in [5.41, 5.74) is 9.53. The molecule has 4 rings (SSSR count). The maximum atomic E-state index is 6.35. The standard InChI is InChI=1S/C22H17Cl2N5/c23-17-9-8-15(19(24)11-17)13-29-14-16(18-5-1-2-7-21(18)29)12-27-28-22(25)20-6-3-4-10-26-20/h1-12,14H,13H2,(H2,25,28)/b27-12+. The zero-order valence-electron chi connectivity index (χ0n) is 15.3. The number of halogens is 2. The summed E-state index contributed by atoms with van der Waals surface area (Å²) in [5.74, 6) is 0.263. The number of aromatic nitrogens is 2. The first kappa shape index (κ1) is 19.2. The lowest BCUT2D eigenvalue weighted by molar-refractivity contribution is 0.836. The van der Waals surface area contributed by atoms with Gasteiger partial charge in [0.2, 0.25) is 0 Å². The third kappa shape index (κ3) is 4.31. The van der Waals surface area contributed by atoms with Gasteiger partial charge in [-0.2, -0.15) is 5.10 Å². The van der Waals surface area contributed by atoms with Crippen LogP contribution in [0.5, 0.6) is 0 Å². The Morgan fingerprint density at radius 1 is 1.07 bits per heavy atom. The van der Waals surface area contributed by atoms with Crippen molar-refractivity contribution in [1.29, 1.82) is 0 Å². The summed E-state index contributed by atoms with van der Waals surface area (Å²) in [5, 5.41) is 10.5. The summed E-state index contributed by atoms with van der Waals surface area (Å²) in [6.07, 6.45) is 5.38. The van der Waals surface area contributed by atoms with Gasteiger partial charge in [0.25, 0.3) is 0 Å². The van der Waals surface area contributed by atoms with Crippen molar-refractivity contribution in [3.63, 3.8) is 0 Å². The zero-order chi connectivity index (χ0) is 20.2. The van der Waals surface area contributed by atoms with Gasteiger partial charge in [-0.25, -0.2) is 0 Å². The number of hydrogen-bond acceptors (Lipinski definition) is 3. The predicted octanol–water partition coefficient (Wildman–Crippen LogP) is 5.13. The molecule has 0 amide bonds. The van der Waals surface area contributed by atoms with Gasteiger partial charge in [0.1, 0.15) is 5.69 Å². The van der Waals surface area contributed by atoms with E-state index >= 15 is 0 Å². The minimum absolute atomic E-state index is 0.263. The Labute approximate surface area is 178 Å². The van der Waals surface area contributed by atoms with Crippen LogP contribution in [0.15, 0.2) is 83.3 Å². The number of hydrogen-bond donors (Lipinski definition) is 1. The van der Waals surface area contributed by atoms with Crippen LogP contribution < -0.4 is 5.73 Å². The first-order valence-corrected chi connectivity index (χ1v) is 9.67. The largest absolute Gasteiger partial charge is 0.380 e. The molecule has 0 saturated heterocycles. The van der Waals surface area contributed by atoms with Gasteiger partial charge < -0.3 is 10.3 Å². The van der Waals surface area contributed by atoms with E-state index in [-0.39, 0.29) is 5.84 Å². The molecule has 0 bridgehead atoms. The zero-order valence-corrected chi connectivity index (χ0v) is 16.8. The van der Waals surface area contributed by atoms with Crippen LogP contribution in [-0.4, -0.2) is 21.6 Å². The van der Waals surface area contributed by atoms with Crippen molar-refractivity contribution >= 4 is 46.2 Å². The minimum atomic E-state index is 0.263. The fraction of sp³-hybridized carbons (Fsp3) is 0.0455. The van der Waals surface area contributed by atoms with E-state index in [9.17, 15) is 0 Å². The predicted molar refractivity (Wildman–Crippen MR) is 120 cm³/mol. The van der Waals surface area contributed by atoms with Crippen LogP contribution in [0.3, 0.4) is 0 Å². The van der Waals surface area contributed by atoms with Crippen molar-refractivity contribution in [3.8, 4) is 0 Å². The van der Waals surface area contributed by atoms with E-state index in [4.69, 9.17) is 28.9 Å². The second-order valence-corrected chi connectivity index (χ2v) is 7.25. The van der Waals surface area contributed by atoms with Gasteiger partial charge in [-0.05, 0) is 35.9 Å². The van der Waals surface area contributed by atoms with Crippen LogP contribution in [-0.2, 0) is 6.54 Å². The van der Waals surface area contributed by atoms with E-state index in [1.807, 2.05) is 48.7 Å². The molecule has 2 N–H and O–H groups in total. The first-order valence-electron chi connectivity index (χ1n) is 8.91. The van der Waals surface area contributed by atoms with Gasteiger partial charge in [0.15, 0.2) is 5.84 Å². The number of pyridine rings is 1. The molecule has 0 fully saturated rings. The van der Waals surface area contributed by atoms with Gasteiger partial charge in [0.05, 0.1) is 6.21 Å². The van der Waals surface area contributed by atoms with Gasteiger partial charge in [0, 0.05) is 45.5 Å². The molecule has 2 aromatic heterocycles. The van der Waals surface area contributed by atoms with Crippen LogP contribution in [0.1, 0.15) is 16.8 Å². The molecule has 0 radical (unpaired) electrons. The summed E-state index contributed by atoms with van der Waals surface area (Å²) in [6.45, 7) is 0.615. The third-order valence-corrected chi connectivity index (χ3v) is 5.05. The van der Waals surface area contributed by atoms with Crippen LogP contribution in [0.2, 0.25) is 10.0 Å². The summed E-state index contributed by atoms with van der Waals surface area (Å²) < 4.78 is 2.12. The molecule has 144 valence electrons. The topological polar surface area (TPSA) is 68.6 Å². The SMILES string of the molecule is N/C(=N\N=C\c1cn(Cc2ccc(Cl)cc2Cl)c2ccccc12)c1ccccn1. The molecule has 0 aliphatic heterocycles. The Hall–Kier alpha value is -3.15. The summed E-state index contributed by atoms with van der Waals surface area (Å²) in [7, 11) is 0. The summed E-state index contributed by atoms with van der Waals surface area (Å²) in [6, 6.07) is 19.1. The lowest BCUT2D eigenvalue weighted by Gasteiger charge is -2.08. The van der Waals surface area contributed by atoms with E-state index in [1.165, 1.54) is 0 Å². The van der Waals surface area contributed by atoms with Crippen molar-refractivity contribution in [2.75, 3.05) is 0 Å². The lowest BCUT2D eigenvalue weighted by Crippen LogP contribution is -2.14. The number of amidine groups is 1. The highest BCUT2D eigenvalue weighted by molar-refractivity contribution is 6.35. The van der Waals surface area contributed by atoms with Crippen LogP contribution in [0.25, 0.3) is 10.9 Å². The van der Waals surface area contributed by atoms with Crippen molar-refractivity contribution in [2.24, 2.45) is 15.9 Å². The van der Waals surface area contributed by atoms with Crippen molar-refractivity contribution in [2.45, 2.75) is 6.54 Å². The van der Waals surface area contributed by atoms with E-state index in [0.717, 1.165) is 22.0 Å². The highest BCUT2D eigenvalue weighted by Gasteiger charge is 2.09. The molecular weight excluding hydrogens is 405 g/mol. The molecule has 0 saturated carbocycles. The summed E-state index contributed by atoms with van der Waals surface area (Å²) in [4.78, 5) is 4.16. The van der Waals surface area contributed by atoms with Crippen molar-refractivity contribution in [3.05, 3.63) is 99.9 Å². The number of fused-ring (bicyclic) bond motifs is 1. The van der Waals surface area contributed by atoms with Crippen LogP contribution >= 0.6 is 23.2 Å². The molecule has 4 aromatic rings. The normalized spacial score (nSPS) is 12.1. The average Bonchev–Trinajstić information content (AvgIpc) is 3.08. The molecular formula is C22H17Cl2N5. The lowest BCUT2D eigenvalue weighted by atomic mass is 10.2. The Kier molecular flexibility index (Phi) is 5.60. The molecule has 0 unspecified atom stereocenters. The van der Waals surface area contributed by atoms with Crippen molar-refractivity contribution in [1.82, 2.24) is 9.55 Å². The van der Waals surface area contributed by atoms with Gasteiger partial charge >= 0.3 is 0 Å². The highest BCUT2D eigenvalue weighted by atomic mass is 35.5. The fourth-order valence-electron chi connectivity index (χ4n) is 3.06. The number of para-hydroxylation sites is 1. The molecule has 7 heteroatoms. The second kappa shape index (κ2) is 8.47. The maximum absolute atomic E-state index is 6.35. The fourth-order valence-corrected chi connectivity index (χ4v) is 3.53. The van der Waals surface area contributed by atoms with E-state index in [1.54, 1.807) is 24.5 Å². The molecule has 0 atom stereocenters. The Morgan fingerprint density at radius 2 is 1.90 bits per heavy atom. The first-order chi connectivity index (χ1) is 14.1. The Balaban J connectivity index is 1.65. The van der Waals surface area contributed by atoms with E-state index < -0.39 is 0 Å². The molecule has 2 heterocycles. The quantitative estimate of drug-likeness (QED) is 0.275. The molecule has 5 nitrogen and oxygen atoms in total. The summed E-state index contributed by atoms with van der Waals surface area (Å²) >= 11 is 12.4. The second-order valence-electron chi connectivity index (χ2n) is 6.41. The third-order valence-electron chi connectivity index (χ3n) is 4.46. The van der Waals surface area contributed by atoms with E-state index in [2.05, 4.69) is 25.8 Å². The number of benzene rings is 2. The molecule has 2 aromatic carbocycles. The van der Waals surface area contributed by atoms with Gasteiger partial charge in [-0.1, -0.05) is 53.5 Å². The monoisotopic (exact) mass is 421 g/mol. The number of nitrogens with two attached hydrogens (primary N) is 1. The smallest absolute Gasteiger partial charge is 0.171 e. The highest BCUT2D eigenvalue weighted by Crippen LogP contribution is 2.25. The Morgan fingerprint density at radius 3 is 2.69 bits per heavy atom. The van der Waals surface area contributed by atoms with Crippen LogP contribution in [0, 0.1) is 0 Å². The Bertz CT molecular complexity index is 1210. The molecule has 0 aliphatic rings. The average molecular weight is 422 g/mol. The molecule has 0 spiro atoms. The van der Waals surface area contributed by atoms with E-state index in [0.29, 0.717) is 22.3 Å². The maximum Gasteiger partial charge on any atom is 0.171 e. The van der Waals surface area contributed by atoms with Crippen molar-refractivity contribution < 1.29 is 0 Å². The number of rotatable bonds is 5.